The van der Waals surface area contributed by atoms with Gasteiger partial charge in [-0.15, -0.1) is 0 Å². The molecule has 0 saturated carbocycles. The monoisotopic (exact) mass is 225 g/mol. The van der Waals surface area contributed by atoms with Crippen molar-refractivity contribution >= 4 is 29.1 Å². The molecule has 0 spiro atoms. The standard InChI is InChI=1S/C8H13Cl2NO2/c1-2-3-6-11(4-5-13-6)8(12)7(9)10/h6-7H,2-5H2,1H3. The van der Waals surface area contributed by atoms with Crippen LogP contribution in [0.25, 0.3) is 0 Å². The van der Waals surface area contributed by atoms with E-state index in [9.17, 15) is 4.79 Å². The van der Waals surface area contributed by atoms with E-state index in [1.807, 2.05) is 6.92 Å². The Balaban J connectivity index is 2.52. The third-order valence-electron chi connectivity index (χ3n) is 2.00. The molecular formula is C8H13Cl2NO2. The minimum Gasteiger partial charge on any atom is -0.356 e. The van der Waals surface area contributed by atoms with E-state index in [1.54, 1.807) is 4.90 Å². The molecule has 0 bridgehead atoms. The Bertz CT molecular complexity index is 187. The van der Waals surface area contributed by atoms with E-state index < -0.39 is 4.84 Å². The summed E-state index contributed by atoms with van der Waals surface area (Å²) in [4.78, 5) is 12.0. The molecule has 5 heteroatoms. The second kappa shape index (κ2) is 5.03. The molecule has 0 aromatic carbocycles. The van der Waals surface area contributed by atoms with Gasteiger partial charge in [-0.25, -0.2) is 0 Å². The average molecular weight is 226 g/mol. The van der Waals surface area contributed by atoms with Gasteiger partial charge in [-0.1, -0.05) is 36.5 Å². The minimum atomic E-state index is -0.971. The SMILES string of the molecule is CCCC1OCCN1C(=O)C(Cl)Cl. The molecule has 1 atom stereocenters. The van der Waals surface area contributed by atoms with E-state index in [0.29, 0.717) is 13.2 Å². The van der Waals surface area contributed by atoms with E-state index >= 15 is 0 Å². The van der Waals surface area contributed by atoms with Crippen LogP contribution in [0.4, 0.5) is 0 Å². The van der Waals surface area contributed by atoms with Crippen molar-refractivity contribution in [2.24, 2.45) is 0 Å². The predicted molar refractivity (Wildman–Crippen MR) is 51.9 cm³/mol. The lowest BCUT2D eigenvalue weighted by molar-refractivity contribution is -0.134. The summed E-state index contributed by atoms with van der Waals surface area (Å²) in [5.41, 5.74) is 0. The highest BCUT2D eigenvalue weighted by molar-refractivity contribution is 6.53. The molecule has 1 heterocycles. The molecule has 1 aliphatic rings. The number of hydrogen-bond donors (Lipinski definition) is 0. The maximum Gasteiger partial charge on any atom is 0.257 e. The summed E-state index contributed by atoms with van der Waals surface area (Å²) in [6, 6.07) is 0. The summed E-state index contributed by atoms with van der Waals surface area (Å²) in [7, 11) is 0. The van der Waals surface area contributed by atoms with Gasteiger partial charge in [0.1, 0.15) is 6.23 Å². The maximum atomic E-state index is 11.4. The van der Waals surface area contributed by atoms with Crippen LogP contribution in [0.3, 0.4) is 0 Å². The fraction of sp³-hybridized carbons (Fsp3) is 0.875. The summed E-state index contributed by atoms with van der Waals surface area (Å²) >= 11 is 11.0. The molecule has 1 unspecified atom stereocenters. The van der Waals surface area contributed by atoms with Crippen molar-refractivity contribution in [1.82, 2.24) is 4.90 Å². The van der Waals surface area contributed by atoms with Crippen LogP contribution in [-0.4, -0.2) is 35.0 Å². The van der Waals surface area contributed by atoms with Crippen LogP contribution < -0.4 is 0 Å². The van der Waals surface area contributed by atoms with Gasteiger partial charge in [0.25, 0.3) is 5.91 Å². The van der Waals surface area contributed by atoms with Crippen molar-refractivity contribution in [2.75, 3.05) is 13.2 Å². The zero-order valence-electron chi connectivity index (χ0n) is 7.50. The molecular weight excluding hydrogens is 213 g/mol. The van der Waals surface area contributed by atoms with Crippen molar-refractivity contribution in [3.05, 3.63) is 0 Å². The Labute approximate surface area is 87.9 Å². The highest BCUT2D eigenvalue weighted by Crippen LogP contribution is 2.18. The lowest BCUT2D eigenvalue weighted by Gasteiger charge is -2.22. The van der Waals surface area contributed by atoms with Gasteiger partial charge in [0.15, 0.2) is 4.84 Å². The van der Waals surface area contributed by atoms with Gasteiger partial charge in [-0.3, -0.25) is 4.79 Å². The molecule has 0 aliphatic carbocycles. The van der Waals surface area contributed by atoms with Gasteiger partial charge in [0.2, 0.25) is 0 Å². The topological polar surface area (TPSA) is 29.5 Å². The largest absolute Gasteiger partial charge is 0.356 e. The van der Waals surface area contributed by atoms with Crippen LogP contribution in [0, 0.1) is 0 Å². The van der Waals surface area contributed by atoms with Gasteiger partial charge in [0, 0.05) is 6.54 Å². The average Bonchev–Trinajstić information content (AvgIpc) is 2.52. The zero-order chi connectivity index (χ0) is 9.84. The number of halogens is 2. The molecule has 1 aliphatic heterocycles. The summed E-state index contributed by atoms with van der Waals surface area (Å²) < 4.78 is 5.37. The molecule has 1 fully saturated rings. The van der Waals surface area contributed by atoms with E-state index in [2.05, 4.69) is 0 Å². The quantitative estimate of drug-likeness (QED) is 0.686. The third kappa shape index (κ3) is 2.73. The number of nitrogens with zero attached hydrogens (tertiary/aromatic N) is 1. The van der Waals surface area contributed by atoms with Gasteiger partial charge in [0.05, 0.1) is 6.61 Å². The van der Waals surface area contributed by atoms with E-state index in [-0.39, 0.29) is 12.1 Å². The molecule has 1 saturated heterocycles. The fourth-order valence-electron chi connectivity index (χ4n) is 1.38. The minimum absolute atomic E-state index is 0.127. The zero-order valence-corrected chi connectivity index (χ0v) is 9.01. The van der Waals surface area contributed by atoms with Crippen LogP contribution in [0.1, 0.15) is 19.8 Å². The first-order valence-electron chi connectivity index (χ1n) is 4.37. The highest BCUT2D eigenvalue weighted by atomic mass is 35.5. The lowest BCUT2D eigenvalue weighted by atomic mass is 10.3. The van der Waals surface area contributed by atoms with E-state index in [0.717, 1.165) is 12.8 Å². The van der Waals surface area contributed by atoms with Crippen LogP contribution in [0.2, 0.25) is 0 Å². The van der Waals surface area contributed by atoms with Crippen LogP contribution in [0.15, 0.2) is 0 Å². The molecule has 1 amide bonds. The maximum absolute atomic E-state index is 11.4. The Kier molecular flexibility index (Phi) is 4.29. The molecule has 76 valence electrons. The normalized spacial score (nSPS) is 22.8. The number of carbonyl (C=O) groups is 1. The lowest BCUT2D eigenvalue weighted by Crippen LogP contribution is -2.39. The molecule has 0 radical (unpaired) electrons. The highest BCUT2D eigenvalue weighted by Gasteiger charge is 2.31. The first-order chi connectivity index (χ1) is 6.16. The molecule has 0 N–H and O–H groups in total. The Morgan fingerprint density at radius 3 is 2.92 bits per heavy atom. The molecule has 3 nitrogen and oxygen atoms in total. The van der Waals surface area contributed by atoms with Gasteiger partial charge in [-0.2, -0.15) is 0 Å². The number of alkyl halides is 2. The first kappa shape index (κ1) is 11.1. The number of rotatable bonds is 3. The van der Waals surface area contributed by atoms with Crippen molar-refractivity contribution in [3.63, 3.8) is 0 Å². The van der Waals surface area contributed by atoms with Crippen LogP contribution >= 0.6 is 23.2 Å². The Hall–Kier alpha value is 0.01000. The van der Waals surface area contributed by atoms with Crippen LogP contribution in [0.5, 0.6) is 0 Å². The molecule has 0 aromatic heterocycles. The summed E-state index contributed by atoms with van der Waals surface area (Å²) in [5, 5.41) is 0. The van der Waals surface area contributed by atoms with Crippen molar-refractivity contribution in [1.29, 1.82) is 0 Å². The van der Waals surface area contributed by atoms with Crippen molar-refractivity contribution in [2.45, 2.75) is 30.8 Å². The first-order valence-corrected chi connectivity index (χ1v) is 5.24. The van der Waals surface area contributed by atoms with E-state index in [4.69, 9.17) is 27.9 Å². The fourth-order valence-corrected chi connectivity index (χ4v) is 1.64. The Morgan fingerprint density at radius 1 is 1.69 bits per heavy atom. The predicted octanol–water partition coefficient (Wildman–Crippen LogP) is 1.78. The van der Waals surface area contributed by atoms with Gasteiger partial charge >= 0.3 is 0 Å². The molecule has 0 aromatic rings. The van der Waals surface area contributed by atoms with Crippen molar-refractivity contribution < 1.29 is 9.53 Å². The summed E-state index contributed by atoms with van der Waals surface area (Å²) in [5.74, 6) is -0.251. The third-order valence-corrected chi connectivity index (χ3v) is 2.37. The number of hydrogen-bond acceptors (Lipinski definition) is 2. The summed E-state index contributed by atoms with van der Waals surface area (Å²) in [6.07, 6.45) is 1.69. The smallest absolute Gasteiger partial charge is 0.257 e. The van der Waals surface area contributed by atoms with Crippen LogP contribution in [-0.2, 0) is 9.53 Å². The Morgan fingerprint density at radius 2 is 2.38 bits per heavy atom. The molecule has 13 heavy (non-hydrogen) atoms. The number of amides is 1. The second-order valence-corrected chi connectivity index (χ2v) is 4.04. The second-order valence-electron chi connectivity index (χ2n) is 2.95. The molecule has 1 rings (SSSR count). The van der Waals surface area contributed by atoms with Gasteiger partial charge < -0.3 is 9.64 Å². The van der Waals surface area contributed by atoms with Crippen molar-refractivity contribution in [3.8, 4) is 0 Å². The number of ether oxygens (including phenoxy) is 1. The number of carbonyl (C=O) groups excluding carboxylic acids is 1. The van der Waals surface area contributed by atoms with E-state index in [1.165, 1.54) is 0 Å². The van der Waals surface area contributed by atoms with Gasteiger partial charge in [-0.05, 0) is 6.42 Å². The summed E-state index contributed by atoms with van der Waals surface area (Å²) in [6.45, 7) is 3.22.